The minimum absolute atomic E-state index is 0.705. The molecule has 90 valence electrons. The predicted octanol–water partition coefficient (Wildman–Crippen LogP) is 2.21. The van der Waals surface area contributed by atoms with Gasteiger partial charge in [-0.1, -0.05) is 25.1 Å². The van der Waals surface area contributed by atoms with Crippen LogP contribution >= 0.6 is 0 Å². The second-order valence-corrected chi connectivity index (χ2v) is 3.58. The Hall–Kier alpha value is -1.06. The Balaban J connectivity index is 2.43. The minimum atomic E-state index is 0.705. The third-order valence-corrected chi connectivity index (χ3v) is 2.29. The molecule has 1 rings (SSSR count). The second-order valence-electron chi connectivity index (χ2n) is 3.58. The molecular weight excluding hydrogens is 202 g/mol. The summed E-state index contributed by atoms with van der Waals surface area (Å²) < 4.78 is 10.7. The lowest BCUT2D eigenvalue weighted by atomic mass is 10.2. The maximum atomic E-state index is 5.72. The number of para-hydroxylation sites is 1. The average Bonchev–Trinajstić information content (AvgIpc) is 2.33. The Kier molecular flexibility index (Phi) is 6.61. The van der Waals surface area contributed by atoms with Crippen molar-refractivity contribution < 1.29 is 9.47 Å². The molecule has 0 aromatic heterocycles. The van der Waals surface area contributed by atoms with Crippen molar-refractivity contribution in [2.45, 2.75) is 19.9 Å². The number of methoxy groups -OCH3 is 1. The Morgan fingerprint density at radius 2 is 2.00 bits per heavy atom. The number of ether oxygens (including phenoxy) is 2. The lowest BCUT2D eigenvalue weighted by Gasteiger charge is -2.11. The zero-order valence-corrected chi connectivity index (χ0v) is 10.2. The topological polar surface area (TPSA) is 30.5 Å². The van der Waals surface area contributed by atoms with E-state index >= 15 is 0 Å². The lowest BCUT2D eigenvalue weighted by molar-refractivity contribution is 0.171. The van der Waals surface area contributed by atoms with Crippen molar-refractivity contribution in [3.8, 4) is 5.75 Å². The van der Waals surface area contributed by atoms with Crippen LogP contribution in [-0.4, -0.2) is 26.9 Å². The van der Waals surface area contributed by atoms with Crippen molar-refractivity contribution >= 4 is 0 Å². The first-order valence-corrected chi connectivity index (χ1v) is 5.78. The fourth-order valence-electron chi connectivity index (χ4n) is 1.44. The molecular formula is C13H21NO2. The van der Waals surface area contributed by atoms with E-state index in [2.05, 4.69) is 18.3 Å². The summed E-state index contributed by atoms with van der Waals surface area (Å²) in [6, 6.07) is 8.14. The Morgan fingerprint density at radius 1 is 1.19 bits per heavy atom. The van der Waals surface area contributed by atoms with Crippen LogP contribution in [0.3, 0.4) is 0 Å². The molecule has 16 heavy (non-hydrogen) atoms. The summed E-state index contributed by atoms with van der Waals surface area (Å²) >= 11 is 0. The van der Waals surface area contributed by atoms with Crippen molar-refractivity contribution in [1.29, 1.82) is 0 Å². The Labute approximate surface area is 97.8 Å². The van der Waals surface area contributed by atoms with Crippen LogP contribution < -0.4 is 10.1 Å². The molecule has 3 nitrogen and oxygen atoms in total. The monoisotopic (exact) mass is 223 g/mol. The van der Waals surface area contributed by atoms with Crippen LogP contribution in [0, 0.1) is 0 Å². The first kappa shape index (κ1) is 13.0. The first-order valence-electron chi connectivity index (χ1n) is 5.78. The van der Waals surface area contributed by atoms with Crippen molar-refractivity contribution in [1.82, 2.24) is 5.32 Å². The first-order chi connectivity index (χ1) is 7.88. The van der Waals surface area contributed by atoms with E-state index in [0.29, 0.717) is 6.61 Å². The van der Waals surface area contributed by atoms with Crippen LogP contribution in [0.5, 0.6) is 5.75 Å². The van der Waals surface area contributed by atoms with Gasteiger partial charge in [-0.05, 0) is 12.6 Å². The van der Waals surface area contributed by atoms with Gasteiger partial charge >= 0.3 is 0 Å². The Morgan fingerprint density at radius 3 is 2.75 bits per heavy atom. The SMILES string of the molecule is CCNCc1ccccc1OCCCOC. The van der Waals surface area contributed by atoms with E-state index in [4.69, 9.17) is 9.47 Å². The molecule has 0 fully saturated rings. The van der Waals surface area contributed by atoms with Crippen LogP contribution in [0.1, 0.15) is 18.9 Å². The molecule has 3 heteroatoms. The van der Waals surface area contributed by atoms with E-state index in [1.807, 2.05) is 18.2 Å². The van der Waals surface area contributed by atoms with E-state index in [-0.39, 0.29) is 0 Å². The van der Waals surface area contributed by atoms with E-state index in [0.717, 1.165) is 31.9 Å². The highest BCUT2D eigenvalue weighted by Crippen LogP contribution is 2.17. The smallest absolute Gasteiger partial charge is 0.123 e. The summed E-state index contributed by atoms with van der Waals surface area (Å²) in [6.07, 6.45) is 0.923. The molecule has 1 N–H and O–H groups in total. The third-order valence-electron chi connectivity index (χ3n) is 2.29. The van der Waals surface area contributed by atoms with Gasteiger partial charge in [-0.15, -0.1) is 0 Å². The molecule has 0 aliphatic carbocycles. The molecule has 0 spiro atoms. The summed E-state index contributed by atoms with van der Waals surface area (Å²) in [5.74, 6) is 0.972. The standard InChI is InChI=1S/C13H21NO2/c1-3-14-11-12-7-4-5-8-13(12)16-10-6-9-15-2/h4-5,7-8,14H,3,6,9-11H2,1-2H3. The number of hydrogen-bond donors (Lipinski definition) is 1. The normalized spacial score (nSPS) is 10.4. The minimum Gasteiger partial charge on any atom is -0.493 e. The summed E-state index contributed by atoms with van der Waals surface area (Å²) in [5, 5.41) is 3.30. The number of nitrogens with one attached hydrogen (secondary N) is 1. The van der Waals surface area contributed by atoms with E-state index in [1.165, 1.54) is 5.56 Å². The molecule has 0 unspecified atom stereocenters. The maximum Gasteiger partial charge on any atom is 0.123 e. The van der Waals surface area contributed by atoms with E-state index in [1.54, 1.807) is 7.11 Å². The summed E-state index contributed by atoms with van der Waals surface area (Å²) in [7, 11) is 1.71. The second kappa shape index (κ2) is 8.13. The van der Waals surface area contributed by atoms with Gasteiger partial charge in [-0.3, -0.25) is 0 Å². The molecule has 0 saturated carbocycles. The van der Waals surface area contributed by atoms with Gasteiger partial charge < -0.3 is 14.8 Å². The van der Waals surface area contributed by atoms with Gasteiger partial charge in [0, 0.05) is 32.2 Å². The summed E-state index contributed by atoms with van der Waals surface area (Å²) in [5.41, 5.74) is 1.21. The maximum absolute atomic E-state index is 5.72. The van der Waals surface area contributed by atoms with E-state index in [9.17, 15) is 0 Å². The molecule has 0 amide bonds. The highest BCUT2D eigenvalue weighted by molar-refractivity contribution is 5.33. The molecule has 1 aromatic rings. The van der Waals surface area contributed by atoms with Crippen LogP contribution in [0.2, 0.25) is 0 Å². The molecule has 0 aliphatic heterocycles. The van der Waals surface area contributed by atoms with Gasteiger partial charge in [0.2, 0.25) is 0 Å². The van der Waals surface area contributed by atoms with Gasteiger partial charge in [0.1, 0.15) is 5.75 Å². The predicted molar refractivity (Wildman–Crippen MR) is 65.8 cm³/mol. The largest absolute Gasteiger partial charge is 0.493 e. The Bertz CT molecular complexity index is 289. The van der Waals surface area contributed by atoms with E-state index < -0.39 is 0 Å². The molecule has 0 bridgehead atoms. The van der Waals surface area contributed by atoms with Gasteiger partial charge in [-0.25, -0.2) is 0 Å². The van der Waals surface area contributed by atoms with Gasteiger partial charge in [-0.2, -0.15) is 0 Å². The van der Waals surface area contributed by atoms with Crippen LogP contribution in [0.25, 0.3) is 0 Å². The van der Waals surface area contributed by atoms with Crippen molar-refractivity contribution in [3.05, 3.63) is 29.8 Å². The van der Waals surface area contributed by atoms with Crippen LogP contribution in [0.15, 0.2) is 24.3 Å². The number of benzene rings is 1. The fourth-order valence-corrected chi connectivity index (χ4v) is 1.44. The molecule has 0 atom stereocenters. The fraction of sp³-hybridized carbons (Fsp3) is 0.538. The molecule has 0 radical (unpaired) electrons. The van der Waals surface area contributed by atoms with Gasteiger partial charge in [0.05, 0.1) is 6.61 Å². The van der Waals surface area contributed by atoms with Gasteiger partial charge in [0.25, 0.3) is 0 Å². The lowest BCUT2D eigenvalue weighted by Crippen LogP contribution is -2.13. The quantitative estimate of drug-likeness (QED) is 0.685. The highest BCUT2D eigenvalue weighted by Gasteiger charge is 2.01. The summed E-state index contributed by atoms with van der Waals surface area (Å²) in [4.78, 5) is 0. The zero-order chi connectivity index (χ0) is 11.6. The molecule has 0 saturated heterocycles. The average molecular weight is 223 g/mol. The zero-order valence-electron chi connectivity index (χ0n) is 10.2. The van der Waals surface area contributed by atoms with Crippen LogP contribution in [0.4, 0.5) is 0 Å². The molecule has 1 aromatic carbocycles. The highest BCUT2D eigenvalue weighted by atomic mass is 16.5. The van der Waals surface area contributed by atoms with Crippen molar-refractivity contribution in [3.63, 3.8) is 0 Å². The van der Waals surface area contributed by atoms with Gasteiger partial charge in [0.15, 0.2) is 0 Å². The van der Waals surface area contributed by atoms with Crippen molar-refractivity contribution in [2.24, 2.45) is 0 Å². The number of rotatable bonds is 8. The number of hydrogen-bond acceptors (Lipinski definition) is 3. The summed E-state index contributed by atoms with van der Waals surface area (Å²) in [6.45, 7) is 5.38. The molecule has 0 aliphatic rings. The third kappa shape index (κ3) is 4.64. The van der Waals surface area contributed by atoms with Crippen LogP contribution in [-0.2, 0) is 11.3 Å². The molecule has 0 heterocycles. The van der Waals surface area contributed by atoms with Crippen molar-refractivity contribution in [2.75, 3.05) is 26.9 Å².